The molecule has 1 unspecified atom stereocenters. The molecule has 4 aliphatic rings. The molecule has 2 N–H and O–H groups in total. The third kappa shape index (κ3) is 4.30. The molecule has 4 saturated carbocycles. The molecule has 9 atom stereocenters. The van der Waals surface area contributed by atoms with E-state index in [9.17, 15) is 9.90 Å². The van der Waals surface area contributed by atoms with Crippen molar-refractivity contribution < 1.29 is 14.6 Å². The van der Waals surface area contributed by atoms with Crippen LogP contribution in [-0.4, -0.2) is 35.4 Å². The Hall–Kier alpha value is -0.610. The molecular weight excluding hydrogens is 410 g/mol. The molecule has 0 radical (unpaired) electrons. The van der Waals surface area contributed by atoms with Gasteiger partial charge in [0, 0.05) is 6.04 Å². The number of carbonyl (C=O) groups excluding carboxylic acids is 1. The normalized spacial score (nSPS) is 45.5. The van der Waals surface area contributed by atoms with Crippen molar-refractivity contribution in [2.45, 2.75) is 125 Å². The van der Waals surface area contributed by atoms with Crippen LogP contribution < -0.4 is 5.32 Å². The molecule has 33 heavy (non-hydrogen) atoms. The minimum atomic E-state index is -0.426. The number of nitrogens with one attached hydrogen (secondary N) is 1. The van der Waals surface area contributed by atoms with Gasteiger partial charge in [0.05, 0.1) is 12.6 Å². The maximum Gasteiger partial charge on any atom is 0.320 e. The van der Waals surface area contributed by atoms with Crippen LogP contribution >= 0.6 is 0 Å². The van der Waals surface area contributed by atoms with Crippen molar-refractivity contribution in [2.75, 3.05) is 6.54 Å². The van der Waals surface area contributed by atoms with Crippen LogP contribution in [-0.2, 0) is 9.53 Å². The zero-order chi connectivity index (χ0) is 24.4. The number of hydrogen-bond donors (Lipinski definition) is 2. The highest BCUT2D eigenvalue weighted by molar-refractivity contribution is 5.72. The molecule has 0 aromatic rings. The zero-order valence-corrected chi connectivity index (χ0v) is 22.7. The average Bonchev–Trinajstić information content (AvgIpc) is 3.06. The van der Waals surface area contributed by atoms with Crippen LogP contribution in [0.15, 0.2) is 0 Å². The molecule has 190 valence electrons. The van der Waals surface area contributed by atoms with E-state index in [1.165, 1.54) is 44.9 Å². The number of fused-ring (bicyclic) bond motifs is 5. The van der Waals surface area contributed by atoms with Gasteiger partial charge in [-0.05, 0) is 125 Å². The molecule has 0 aromatic carbocycles. The van der Waals surface area contributed by atoms with Crippen LogP contribution in [0.2, 0.25) is 0 Å². The topological polar surface area (TPSA) is 58.6 Å². The van der Waals surface area contributed by atoms with Gasteiger partial charge in [0.15, 0.2) is 0 Å². The van der Waals surface area contributed by atoms with Gasteiger partial charge in [-0.1, -0.05) is 27.7 Å². The molecule has 0 heterocycles. The Balaban J connectivity index is 1.45. The Kier molecular flexibility index (Phi) is 6.57. The summed E-state index contributed by atoms with van der Waals surface area (Å²) in [4.78, 5) is 12.3. The Morgan fingerprint density at radius 1 is 0.939 bits per heavy atom. The van der Waals surface area contributed by atoms with Crippen molar-refractivity contribution in [3.05, 3.63) is 0 Å². The Morgan fingerprint density at radius 2 is 1.52 bits per heavy atom. The van der Waals surface area contributed by atoms with Crippen LogP contribution in [0.4, 0.5) is 0 Å². The number of rotatable bonds is 4. The van der Waals surface area contributed by atoms with Gasteiger partial charge in [0.25, 0.3) is 0 Å². The summed E-state index contributed by atoms with van der Waals surface area (Å²) in [5.74, 6) is 3.50. The first-order chi connectivity index (χ1) is 15.2. The zero-order valence-electron chi connectivity index (χ0n) is 22.7. The lowest BCUT2D eigenvalue weighted by molar-refractivity contribution is -0.184. The number of aliphatic hydroxyl groups is 1. The third-order valence-electron chi connectivity index (χ3n) is 11.3. The van der Waals surface area contributed by atoms with Gasteiger partial charge in [-0.25, -0.2) is 0 Å². The van der Waals surface area contributed by atoms with E-state index in [1.807, 2.05) is 20.8 Å². The van der Waals surface area contributed by atoms with Crippen molar-refractivity contribution in [1.29, 1.82) is 0 Å². The second-order valence-corrected chi connectivity index (χ2v) is 14.4. The van der Waals surface area contributed by atoms with Crippen LogP contribution in [0.25, 0.3) is 0 Å². The summed E-state index contributed by atoms with van der Waals surface area (Å²) in [5, 5.41) is 14.3. The Labute approximate surface area is 203 Å². The Morgan fingerprint density at radius 3 is 2.18 bits per heavy atom. The lowest BCUT2D eigenvalue weighted by atomic mass is 9.40. The lowest BCUT2D eigenvalue weighted by Gasteiger charge is -2.65. The molecule has 4 fully saturated rings. The second kappa shape index (κ2) is 8.50. The van der Waals surface area contributed by atoms with Gasteiger partial charge in [-0.15, -0.1) is 0 Å². The summed E-state index contributed by atoms with van der Waals surface area (Å²) in [7, 11) is 0. The molecule has 0 saturated heterocycles. The maximum atomic E-state index is 12.3. The second-order valence-electron chi connectivity index (χ2n) is 14.4. The average molecular weight is 462 g/mol. The fourth-order valence-corrected chi connectivity index (χ4v) is 9.64. The van der Waals surface area contributed by atoms with E-state index >= 15 is 0 Å². The van der Waals surface area contributed by atoms with Gasteiger partial charge < -0.3 is 15.2 Å². The smallest absolute Gasteiger partial charge is 0.320 e. The summed E-state index contributed by atoms with van der Waals surface area (Å²) >= 11 is 0. The molecule has 0 aliphatic heterocycles. The van der Waals surface area contributed by atoms with E-state index < -0.39 is 5.60 Å². The number of esters is 1. The standard InChI is InChI=1S/C29H51NO3/c1-18(30-17-25(32)33-26(2,3)4)19-13-15-28(7)20(19)9-10-22-21(28)11-12-23-27(5,6)24(31)14-16-29(22,23)8/h18-24,30-31H,9-17H2,1-8H3/t18?,19-,20-,21-,22+,23+,24+,28-,29-/m1/s1. The van der Waals surface area contributed by atoms with Gasteiger partial charge in [0.1, 0.15) is 5.60 Å². The summed E-state index contributed by atoms with van der Waals surface area (Å²) in [6, 6.07) is 0.344. The predicted octanol–water partition coefficient (Wildman–Crippen LogP) is 5.96. The van der Waals surface area contributed by atoms with Crippen LogP contribution in [0.3, 0.4) is 0 Å². The summed E-state index contributed by atoms with van der Waals surface area (Å²) in [5.41, 5.74) is 0.404. The quantitative estimate of drug-likeness (QED) is 0.507. The molecule has 4 rings (SSSR count). The highest BCUT2D eigenvalue weighted by atomic mass is 16.6. The molecule has 4 aliphatic carbocycles. The van der Waals surface area contributed by atoms with Gasteiger partial charge in [-0.2, -0.15) is 0 Å². The summed E-state index contributed by atoms with van der Waals surface area (Å²) < 4.78 is 5.51. The van der Waals surface area contributed by atoms with E-state index in [-0.39, 0.29) is 17.5 Å². The van der Waals surface area contributed by atoms with E-state index in [4.69, 9.17) is 4.74 Å². The van der Waals surface area contributed by atoms with Crippen molar-refractivity contribution in [2.24, 2.45) is 45.8 Å². The van der Waals surface area contributed by atoms with Crippen molar-refractivity contribution in [1.82, 2.24) is 5.32 Å². The number of ether oxygens (including phenoxy) is 1. The molecular formula is C29H51NO3. The van der Waals surface area contributed by atoms with E-state index in [2.05, 4.69) is 39.9 Å². The van der Waals surface area contributed by atoms with Crippen molar-refractivity contribution in [3.63, 3.8) is 0 Å². The summed E-state index contributed by atoms with van der Waals surface area (Å²) in [6.07, 6.45) is 9.91. The highest BCUT2D eigenvalue weighted by Gasteiger charge is 2.63. The fraction of sp³-hybridized carbons (Fsp3) is 0.966. The van der Waals surface area contributed by atoms with Crippen LogP contribution in [0.1, 0.15) is 107 Å². The van der Waals surface area contributed by atoms with E-state index in [1.54, 1.807) is 0 Å². The van der Waals surface area contributed by atoms with Crippen molar-refractivity contribution >= 4 is 5.97 Å². The van der Waals surface area contributed by atoms with Crippen molar-refractivity contribution in [3.8, 4) is 0 Å². The number of aliphatic hydroxyl groups excluding tert-OH is 1. The van der Waals surface area contributed by atoms with Crippen LogP contribution in [0.5, 0.6) is 0 Å². The fourth-order valence-electron chi connectivity index (χ4n) is 9.64. The Bertz CT molecular complexity index is 742. The first-order valence-corrected chi connectivity index (χ1v) is 13.8. The first kappa shape index (κ1) is 25.5. The van der Waals surface area contributed by atoms with E-state index in [0.717, 1.165) is 24.2 Å². The molecule has 4 nitrogen and oxygen atoms in total. The highest BCUT2D eigenvalue weighted by Crippen LogP contribution is 2.70. The molecule has 0 amide bonds. The predicted molar refractivity (Wildman–Crippen MR) is 134 cm³/mol. The minimum absolute atomic E-state index is 0.0357. The van der Waals surface area contributed by atoms with Gasteiger partial charge in [-0.3, -0.25) is 4.79 Å². The molecule has 0 aromatic heterocycles. The minimum Gasteiger partial charge on any atom is -0.459 e. The largest absolute Gasteiger partial charge is 0.459 e. The molecule has 0 bridgehead atoms. The maximum absolute atomic E-state index is 12.3. The molecule has 0 spiro atoms. The summed E-state index contributed by atoms with van der Waals surface area (Å²) in [6.45, 7) is 18.2. The van der Waals surface area contributed by atoms with Crippen LogP contribution in [0, 0.1) is 45.8 Å². The molecule has 4 heteroatoms. The first-order valence-electron chi connectivity index (χ1n) is 13.8. The third-order valence-corrected chi connectivity index (χ3v) is 11.3. The van der Waals surface area contributed by atoms with Gasteiger partial charge >= 0.3 is 5.97 Å². The van der Waals surface area contributed by atoms with E-state index in [0.29, 0.717) is 35.3 Å². The number of hydrogen-bond acceptors (Lipinski definition) is 4. The number of carbonyl (C=O) groups is 1. The SMILES string of the molecule is CC(NCC(=O)OC(C)(C)C)[C@H]1CC[C@]2(C)[C@@H]1CC[C@H]1[C@H]2CC[C@H]2C(C)(C)[C@@H](O)CC[C@]12C. The lowest BCUT2D eigenvalue weighted by Crippen LogP contribution is -2.60. The monoisotopic (exact) mass is 461 g/mol. The van der Waals surface area contributed by atoms with Gasteiger partial charge in [0.2, 0.25) is 0 Å².